The van der Waals surface area contributed by atoms with Gasteiger partial charge in [-0.3, -0.25) is 4.79 Å². The highest BCUT2D eigenvalue weighted by molar-refractivity contribution is 5.92. The van der Waals surface area contributed by atoms with Gasteiger partial charge in [-0.2, -0.15) is 0 Å². The van der Waals surface area contributed by atoms with Crippen LogP contribution < -0.4 is 10.6 Å². The third kappa shape index (κ3) is 5.17. The van der Waals surface area contributed by atoms with Gasteiger partial charge in [-0.15, -0.1) is 0 Å². The van der Waals surface area contributed by atoms with Crippen molar-refractivity contribution in [3.8, 4) is 0 Å². The van der Waals surface area contributed by atoms with E-state index in [1.807, 2.05) is 53.2 Å². The molecule has 0 unspecified atom stereocenters. The van der Waals surface area contributed by atoms with Crippen molar-refractivity contribution in [3.63, 3.8) is 0 Å². The molecule has 0 aliphatic carbocycles. The largest absolute Gasteiger partial charge is 0.337 e. The number of nitrogens with one attached hydrogen (secondary N) is 2. The summed E-state index contributed by atoms with van der Waals surface area (Å²) < 4.78 is 28.9. The van der Waals surface area contributed by atoms with Gasteiger partial charge >= 0.3 is 6.03 Å². The molecule has 5 rings (SSSR count). The number of carbonyl (C=O) groups is 2. The minimum atomic E-state index is -0.951. The molecule has 0 saturated carbocycles. The summed E-state index contributed by atoms with van der Waals surface area (Å²) in [6, 6.07) is 11.8. The summed E-state index contributed by atoms with van der Waals surface area (Å²) in [7, 11) is 0. The number of pyridine rings is 2. The fraction of sp³-hybridized carbons (Fsp3) is 0.231. The average molecular weight is 491 g/mol. The second kappa shape index (κ2) is 10.1. The van der Waals surface area contributed by atoms with Crippen LogP contribution in [0.25, 0.3) is 5.65 Å². The van der Waals surface area contributed by atoms with Gasteiger partial charge < -0.3 is 19.9 Å². The minimum absolute atomic E-state index is 0.237. The van der Waals surface area contributed by atoms with Gasteiger partial charge in [0, 0.05) is 50.0 Å². The molecule has 10 heteroatoms. The van der Waals surface area contributed by atoms with Crippen LogP contribution in [0.15, 0.2) is 67.3 Å². The van der Waals surface area contributed by atoms with E-state index in [9.17, 15) is 18.4 Å². The zero-order chi connectivity index (χ0) is 25.1. The lowest BCUT2D eigenvalue weighted by Crippen LogP contribution is -2.38. The Hall–Kier alpha value is -4.34. The number of carbonyl (C=O) groups excluding carboxylic acids is 2. The summed E-state index contributed by atoms with van der Waals surface area (Å²) in [5.74, 6) is -2.05. The van der Waals surface area contributed by atoms with Gasteiger partial charge in [-0.25, -0.2) is 23.5 Å². The Balaban J connectivity index is 1.11. The van der Waals surface area contributed by atoms with Gasteiger partial charge in [-0.1, -0.05) is 12.1 Å². The number of amides is 3. The van der Waals surface area contributed by atoms with E-state index in [-0.39, 0.29) is 17.6 Å². The summed E-state index contributed by atoms with van der Waals surface area (Å²) in [5, 5.41) is 5.67. The van der Waals surface area contributed by atoms with E-state index in [1.54, 1.807) is 11.1 Å². The van der Waals surface area contributed by atoms with Crippen LogP contribution >= 0.6 is 0 Å². The number of rotatable bonds is 5. The lowest BCUT2D eigenvalue weighted by molar-refractivity contribution is 0.0701. The normalized spacial score (nSPS) is 14.1. The number of halogens is 2. The number of urea groups is 1. The summed E-state index contributed by atoms with van der Waals surface area (Å²) in [6.07, 6.45) is 7.75. The number of piperidine rings is 1. The number of imidazole rings is 1. The van der Waals surface area contributed by atoms with Crippen LogP contribution in [-0.4, -0.2) is 44.3 Å². The predicted octanol–water partition coefficient (Wildman–Crippen LogP) is 4.35. The summed E-state index contributed by atoms with van der Waals surface area (Å²) in [4.78, 5) is 34.3. The molecule has 3 aromatic heterocycles. The number of hydrogen-bond acceptors (Lipinski definition) is 4. The van der Waals surface area contributed by atoms with E-state index in [0.29, 0.717) is 44.2 Å². The first-order valence-corrected chi connectivity index (χ1v) is 11.6. The van der Waals surface area contributed by atoms with Gasteiger partial charge in [0.25, 0.3) is 5.91 Å². The Morgan fingerprint density at radius 3 is 2.53 bits per heavy atom. The quantitative estimate of drug-likeness (QED) is 0.435. The van der Waals surface area contributed by atoms with Crippen LogP contribution in [0.5, 0.6) is 0 Å². The van der Waals surface area contributed by atoms with E-state index in [2.05, 4.69) is 20.6 Å². The number of likely N-dealkylation sites (tertiary alicyclic amines) is 1. The van der Waals surface area contributed by atoms with E-state index < -0.39 is 17.5 Å². The van der Waals surface area contributed by atoms with Crippen LogP contribution in [0, 0.1) is 11.6 Å². The standard InChI is InChI=1S/C26H24F2N6O2/c27-20-14-22(28)24(30-16-20)25(35)34-10-6-19(7-11-34)18-1-3-21(4-2-18)32-26(36)31-15-17-5-9-33-12-8-29-23(33)13-17/h1-5,8-9,12-14,16,19H,6-7,10-11,15H2,(H2,31,32,36). The smallest absolute Gasteiger partial charge is 0.319 e. The molecule has 0 spiro atoms. The van der Waals surface area contributed by atoms with E-state index >= 15 is 0 Å². The Morgan fingerprint density at radius 2 is 1.78 bits per heavy atom. The lowest BCUT2D eigenvalue weighted by Gasteiger charge is -2.32. The molecule has 1 aliphatic heterocycles. The number of aromatic nitrogens is 3. The van der Waals surface area contributed by atoms with E-state index in [0.717, 1.165) is 23.0 Å². The molecular formula is C26H24F2N6O2. The third-order valence-corrected chi connectivity index (χ3v) is 6.35. The molecule has 4 aromatic rings. The van der Waals surface area contributed by atoms with Crippen molar-refractivity contribution in [1.82, 2.24) is 24.6 Å². The first-order chi connectivity index (χ1) is 17.5. The van der Waals surface area contributed by atoms with Crippen molar-refractivity contribution in [3.05, 3.63) is 95.7 Å². The number of hydrogen-bond donors (Lipinski definition) is 2. The van der Waals surface area contributed by atoms with Gasteiger partial charge in [0.2, 0.25) is 0 Å². The summed E-state index contributed by atoms with van der Waals surface area (Å²) >= 11 is 0. The number of nitrogens with zero attached hydrogens (tertiary/aromatic N) is 4. The second-order valence-electron chi connectivity index (χ2n) is 8.71. The molecule has 1 aliphatic rings. The molecule has 36 heavy (non-hydrogen) atoms. The van der Waals surface area contributed by atoms with Crippen molar-refractivity contribution in [2.24, 2.45) is 0 Å². The van der Waals surface area contributed by atoms with Crippen LogP contribution in [0.1, 0.15) is 40.4 Å². The fourth-order valence-corrected chi connectivity index (χ4v) is 4.40. The average Bonchev–Trinajstić information content (AvgIpc) is 3.36. The summed E-state index contributed by atoms with van der Waals surface area (Å²) in [6.45, 7) is 1.28. The van der Waals surface area contributed by atoms with Crippen LogP contribution in [0.3, 0.4) is 0 Å². The lowest BCUT2D eigenvalue weighted by atomic mass is 9.89. The van der Waals surface area contributed by atoms with Gasteiger partial charge in [0.1, 0.15) is 11.5 Å². The molecular weight excluding hydrogens is 466 g/mol. The van der Waals surface area contributed by atoms with Crippen molar-refractivity contribution in [1.29, 1.82) is 0 Å². The van der Waals surface area contributed by atoms with Crippen LogP contribution in [0.2, 0.25) is 0 Å². The van der Waals surface area contributed by atoms with Crippen molar-refractivity contribution >= 4 is 23.3 Å². The Kier molecular flexibility index (Phi) is 6.57. The molecule has 1 saturated heterocycles. The molecule has 0 radical (unpaired) electrons. The maximum Gasteiger partial charge on any atom is 0.319 e. The molecule has 184 valence electrons. The van der Waals surface area contributed by atoms with Gasteiger partial charge in [0.05, 0.1) is 6.20 Å². The predicted molar refractivity (Wildman–Crippen MR) is 130 cm³/mol. The second-order valence-corrected chi connectivity index (χ2v) is 8.71. The van der Waals surface area contributed by atoms with Crippen molar-refractivity contribution < 1.29 is 18.4 Å². The molecule has 8 nitrogen and oxygen atoms in total. The Morgan fingerprint density at radius 1 is 1.00 bits per heavy atom. The molecule has 1 fully saturated rings. The highest BCUT2D eigenvalue weighted by atomic mass is 19.1. The highest BCUT2D eigenvalue weighted by Gasteiger charge is 2.27. The molecule has 3 amide bonds. The van der Waals surface area contributed by atoms with Gasteiger partial charge in [-0.05, 0) is 54.2 Å². The SMILES string of the molecule is O=C(NCc1ccn2ccnc2c1)Nc1ccc(C2CCN(C(=O)c3ncc(F)cc3F)CC2)cc1. The number of benzene rings is 1. The maximum atomic E-state index is 13.9. The first kappa shape index (κ1) is 23.4. The molecule has 0 bridgehead atoms. The highest BCUT2D eigenvalue weighted by Crippen LogP contribution is 2.29. The van der Waals surface area contributed by atoms with Gasteiger partial charge in [0.15, 0.2) is 11.5 Å². The monoisotopic (exact) mass is 490 g/mol. The molecule has 1 aromatic carbocycles. The zero-order valence-corrected chi connectivity index (χ0v) is 19.3. The summed E-state index contributed by atoms with van der Waals surface area (Å²) in [5.41, 5.74) is 3.19. The Labute approximate surface area is 206 Å². The van der Waals surface area contributed by atoms with E-state index in [1.165, 1.54) is 0 Å². The molecule has 0 atom stereocenters. The Bertz CT molecular complexity index is 1400. The molecule has 2 N–H and O–H groups in total. The fourth-order valence-electron chi connectivity index (χ4n) is 4.40. The van der Waals surface area contributed by atoms with Crippen molar-refractivity contribution in [2.45, 2.75) is 25.3 Å². The van der Waals surface area contributed by atoms with E-state index in [4.69, 9.17) is 0 Å². The minimum Gasteiger partial charge on any atom is -0.337 e. The maximum absolute atomic E-state index is 13.9. The number of fused-ring (bicyclic) bond motifs is 1. The van der Waals surface area contributed by atoms with Crippen LogP contribution in [-0.2, 0) is 6.54 Å². The van der Waals surface area contributed by atoms with Crippen LogP contribution in [0.4, 0.5) is 19.3 Å². The number of anilines is 1. The topological polar surface area (TPSA) is 91.6 Å². The first-order valence-electron chi connectivity index (χ1n) is 11.6. The zero-order valence-electron chi connectivity index (χ0n) is 19.3. The third-order valence-electron chi connectivity index (χ3n) is 6.35. The molecule has 4 heterocycles. The van der Waals surface area contributed by atoms with Crippen molar-refractivity contribution in [2.75, 3.05) is 18.4 Å².